The standard InChI is InChI=1S/C19H16N2/c1-3-8-17(9-4-1)16-19(18-10-5-2-6-11-18)12-15-21-14-7-13-20-21/h1-16H/b15-12+,19-16-. The Labute approximate surface area is 124 Å². The topological polar surface area (TPSA) is 17.8 Å². The van der Waals surface area contributed by atoms with Crippen molar-refractivity contribution >= 4 is 17.8 Å². The summed E-state index contributed by atoms with van der Waals surface area (Å²) in [6, 6.07) is 22.6. The van der Waals surface area contributed by atoms with Crippen LogP contribution in [0.25, 0.3) is 17.8 Å². The number of rotatable bonds is 4. The summed E-state index contributed by atoms with van der Waals surface area (Å²) in [6.07, 6.45) is 9.90. The van der Waals surface area contributed by atoms with Gasteiger partial charge in [0, 0.05) is 18.6 Å². The van der Waals surface area contributed by atoms with E-state index in [2.05, 4.69) is 53.6 Å². The second kappa shape index (κ2) is 6.53. The molecule has 0 saturated heterocycles. The monoisotopic (exact) mass is 272 g/mol. The fraction of sp³-hybridized carbons (Fsp3) is 0. The number of benzene rings is 2. The van der Waals surface area contributed by atoms with Crippen molar-refractivity contribution in [3.05, 3.63) is 96.3 Å². The summed E-state index contributed by atoms with van der Waals surface area (Å²) in [5.74, 6) is 0. The molecule has 21 heavy (non-hydrogen) atoms. The first-order valence-electron chi connectivity index (χ1n) is 6.91. The van der Waals surface area contributed by atoms with Crippen molar-refractivity contribution in [2.75, 3.05) is 0 Å². The summed E-state index contributed by atoms with van der Waals surface area (Å²) < 4.78 is 1.79. The molecule has 0 atom stereocenters. The van der Waals surface area contributed by atoms with Gasteiger partial charge in [0.1, 0.15) is 0 Å². The van der Waals surface area contributed by atoms with Crippen molar-refractivity contribution in [2.24, 2.45) is 0 Å². The first-order valence-corrected chi connectivity index (χ1v) is 6.91. The fourth-order valence-electron chi connectivity index (χ4n) is 2.11. The molecule has 0 amide bonds. The molecule has 1 heterocycles. The van der Waals surface area contributed by atoms with Crippen molar-refractivity contribution in [3.63, 3.8) is 0 Å². The van der Waals surface area contributed by atoms with E-state index in [1.165, 1.54) is 11.1 Å². The van der Waals surface area contributed by atoms with E-state index in [1.54, 1.807) is 10.9 Å². The first kappa shape index (κ1) is 13.1. The zero-order valence-corrected chi connectivity index (χ0v) is 11.6. The van der Waals surface area contributed by atoms with Crippen LogP contribution >= 0.6 is 0 Å². The van der Waals surface area contributed by atoms with E-state index in [0.29, 0.717) is 0 Å². The average molecular weight is 272 g/mol. The van der Waals surface area contributed by atoms with Gasteiger partial charge in [-0.25, -0.2) is 4.68 Å². The molecule has 0 unspecified atom stereocenters. The molecule has 0 saturated carbocycles. The average Bonchev–Trinajstić information content (AvgIpc) is 3.07. The predicted octanol–water partition coefficient (Wildman–Crippen LogP) is 4.59. The van der Waals surface area contributed by atoms with Crippen molar-refractivity contribution in [3.8, 4) is 0 Å². The lowest BCUT2D eigenvalue weighted by Crippen LogP contribution is -1.86. The summed E-state index contributed by atoms with van der Waals surface area (Å²) in [5, 5.41) is 4.19. The van der Waals surface area contributed by atoms with Crippen molar-refractivity contribution < 1.29 is 0 Å². The van der Waals surface area contributed by atoms with Gasteiger partial charge in [-0.2, -0.15) is 5.10 Å². The van der Waals surface area contributed by atoms with E-state index in [4.69, 9.17) is 0 Å². The van der Waals surface area contributed by atoms with Crippen LogP contribution in [0.3, 0.4) is 0 Å². The Hall–Kier alpha value is -2.87. The highest BCUT2D eigenvalue weighted by Gasteiger charge is 1.98. The van der Waals surface area contributed by atoms with Crippen molar-refractivity contribution in [1.29, 1.82) is 0 Å². The Bertz CT molecular complexity index is 724. The molecule has 2 aromatic carbocycles. The lowest BCUT2D eigenvalue weighted by molar-refractivity contribution is 0.935. The summed E-state index contributed by atoms with van der Waals surface area (Å²) in [4.78, 5) is 0. The third kappa shape index (κ3) is 3.57. The molecule has 2 heteroatoms. The smallest absolute Gasteiger partial charge is 0.0493 e. The molecule has 1 aromatic heterocycles. The van der Waals surface area contributed by atoms with Gasteiger partial charge in [-0.3, -0.25) is 0 Å². The Balaban J connectivity index is 1.97. The van der Waals surface area contributed by atoms with Gasteiger partial charge in [-0.1, -0.05) is 60.7 Å². The molecule has 0 aliphatic carbocycles. The molecule has 102 valence electrons. The van der Waals surface area contributed by atoms with Crippen LogP contribution in [0, 0.1) is 0 Å². The maximum Gasteiger partial charge on any atom is 0.0493 e. The van der Waals surface area contributed by atoms with Gasteiger partial charge in [0.25, 0.3) is 0 Å². The van der Waals surface area contributed by atoms with Gasteiger partial charge in [-0.15, -0.1) is 0 Å². The van der Waals surface area contributed by atoms with Gasteiger partial charge in [-0.05, 0) is 34.9 Å². The first-order chi connectivity index (χ1) is 10.4. The van der Waals surface area contributed by atoms with Gasteiger partial charge >= 0.3 is 0 Å². The van der Waals surface area contributed by atoms with Crippen LogP contribution in [0.4, 0.5) is 0 Å². The molecular formula is C19H16N2. The Morgan fingerprint density at radius 3 is 2.24 bits per heavy atom. The minimum atomic E-state index is 1.15. The van der Waals surface area contributed by atoms with Crippen LogP contribution in [0.15, 0.2) is 85.2 Å². The second-order valence-corrected chi connectivity index (χ2v) is 4.68. The van der Waals surface area contributed by atoms with Gasteiger partial charge < -0.3 is 0 Å². The van der Waals surface area contributed by atoms with Crippen LogP contribution in [0.5, 0.6) is 0 Å². The third-order valence-electron chi connectivity index (χ3n) is 3.16. The number of hydrogen-bond donors (Lipinski definition) is 0. The highest BCUT2D eigenvalue weighted by Crippen LogP contribution is 2.19. The highest BCUT2D eigenvalue weighted by atomic mass is 15.2. The molecule has 0 bridgehead atoms. The minimum Gasteiger partial charge on any atom is -0.248 e. The maximum absolute atomic E-state index is 4.19. The SMILES string of the molecule is C(=C(\C=C\n1cccn1)c1ccccc1)/c1ccccc1. The maximum atomic E-state index is 4.19. The predicted molar refractivity (Wildman–Crippen MR) is 88.3 cm³/mol. The van der Waals surface area contributed by atoms with Crippen molar-refractivity contribution in [1.82, 2.24) is 9.78 Å². The lowest BCUT2D eigenvalue weighted by Gasteiger charge is -2.03. The molecule has 0 fully saturated rings. The van der Waals surface area contributed by atoms with E-state index in [0.717, 1.165) is 5.57 Å². The largest absolute Gasteiger partial charge is 0.248 e. The molecule has 2 nitrogen and oxygen atoms in total. The van der Waals surface area contributed by atoms with E-state index >= 15 is 0 Å². The molecular weight excluding hydrogens is 256 g/mol. The third-order valence-corrected chi connectivity index (χ3v) is 3.16. The van der Waals surface area contributed by atoms with Gasteiger partial charge in [0.15, 0.2) is 0 Å². The van der Waals surface area contributed by atoms with E-state index in [-0.39, 0.29) is 0 Å². The minimum absolute atomic E-state index is 1.15. The summed E-state index contributed by atoms with van der Waals surface area (Å²) in [7, 11) is 0. The Morgan fingerprint density at radius 1 is 0.857 bits per heavy atom. The van der Waals surface area contributed by atoms with Crippen LogP contribution in [-0.2, 0) is 0 Å². The van der Waals surface area contributed by atoms with Gasteiger partial charge in [0.2, 0.25) is 0 Å². The van der Waals surface area contributed by atoms with Crippen molar-refractivity contribution in [2.45, 2.75) is 0 Å². The van der Waals surface area contributed by atoms with E-state index in [9.17, 15) is 0 Å². The molecule has 0 radical (unpaired) electrons. The number of hydrogen-bond acceptors (Lipinski definition) is 1. The number of aromatic nitrogens is 2. The molecule has 0 aliphatic heterocycles. The molecule has 0 aliphatic rings. The summed E-state index contributed by atoms with van der Waals surface area (Å²) >= 11 is 0. The van der Waals surface area contributed by atoms with E-state index in [1.807, 2.05) is 42.7 Å². The molecule has 0 spiro atoms. The summed E-state index contributed by atoms with van der Waals surface area (Å²) in [6.45, 7) is 0. The normalized spacial score (nSPS) is 11.9. The zero-order valence-electron chi connectivity index (χ0n) is 11.6. The quantitative estimate of drug-likeness (QED) is 0.501. The van der Waals surface area contributed by atoms with Gasteiger partial charge in [0.05, 0.1) is 0 Å². The molecule has 0 N–H and O–H groups in total. The fourth-order valence-corrected chi connectivity index (χ4v) is 2.11. The van der Waals surface area contributed by atoms with Crippen LogP contribution in [0.1, 0.15) is 11.1 Å². The zero-order chi connectivity index (χ0) is 14.3. The molecule has 3 rings (SSSR count). The molecule has 3 aromatic rings. The highest BCUT2D eigenvalue weighted by molar-refractivity contribution is 5.88. The van der Waals surface area contributed by atoms with Crippen LogP contribution in [0.2, 0.25) is 0 Å². The number of allylic oxidation sites excluding steroid dienone is 2. The lowest BCUT2D eigenvalue weighted by atomic mass is 10.0. The van der Waals surface area contributed by atoms with E-state index < -0.39 is 0 Å². The van der Waals surface area contributed by atoms with Crippen LogP contribution < -0.4 is 0 Å². The second-order valence-electron chi connectivity index (χ2n) is 4.68. The number of nitrogens with zero attached hydrogens (tertiary/aromatic N) is 2. The Morgan fingerprint density at radius 2 is 1.57 bits per heavy atom. The Kier molecular flexibility index (Phi) is 4.08. The van der Waals surface area contributed by atoms with Crippen LogP contribution in [-0.4, -0.2) is 9.78 Å². The summed E-state index contributed by atoms with van der Waals surface area (Å²) in [5.41, 5.74) is 3.52.